The molecule has 1 unspecified atom stereocenters. The van der Waals surface area contributed by atoms with Gasteiger partial charge in [-0.25, -0.2) is 13.4 Å². The maximum Gasteiger partial charge on any atom is 0.241 e. The topological polar surface area (TPSA) is 100 Å². The summed E-state index contributed by atoms with van der Waals surface area (Å²) in [5.41, 5.74) is 2.89. The lowest BCUT2D eigenvalue weighted by Crippen LogP contribution is -2.51. The number of likely N-dealkylation sites (tertiary alicyclic amines) is 1. The fourth-order valence-electron chi connectivity index (χ4n) is 4.65. The lowest BCUT2D eigenvalue weighted by Gasteiger charge is -2.33. The number of carbonyl (C=O) groups is 1. The van der Waals surface area contributed by atoms with Crippen LogP contribution < -0.4 is 4.72 Å². The first-order valence-corrected chi connectivity index (χ1v) is 14.3. The van der Waals surface area contributed by atoms with Gasteiger partial charge in [-0.05, 0) is 67.1 Å². The van der Waals surface area contributed by atoms with Crippen molar-refractivity contribution in [3.05, 3.63) is 76.8 Å². The first-order chi connectivity index (χ1) is 17.7. The Morgan fingerprint density at radius 1 is 1.14 bits per heavy atom. The Morgan fingerprint density at radius 3 is 2.49 bits per heavy atom. The van der Waals surface area contributed by atoms with E-state index in [1.165, 1.54) is 12.1 Å². The zero-order valence-electron chi connectivity index (χ0n) is 20.2. The smallest absolute Gasteiger partial charge is 0.241 e. The second-order valence-corrected chi connectivity index (χ2v) is 12.0. The number of H-pyrrole nitrogens is 1. The van der Waals surface area contributed by atoms with Gasteiger partial charge in [-0.1, -0.05) is 36.2 Å². The van der Waals surface area contributed by atoms with Gasteiger partial charge in [0.2, 0.25) is 15.9 Å². The molecule has 1 aliphatic rings. The number of imidazole rings is 1. The minimum absolute atomic E-state index is 0.105. The van der Waals surface area contributed by atoms with E-state index in [0.717, 1.165) is 29.4 Å². The van der Waals surface area contributed by atoms with Crippen LogP contribution in [0.25, 0.3) is 16.7 Å². The highest BCUT2D eigenvalue weighted by Gasteiger charge is 2.32. The number of halogens is 2. The number of fused-ring (bicyclic) bond motifs is 1. The lowest BCUT2D eigenvalue weighted by molar-refractivity contribution is -0.134. The summed E-state index contributed by atoms with van der Waals surface area (Å²) in [5, 5.41) is 0.363. The molecule has 1 amide bonds. The Kier molecular flexibility index (Phi) is 7.31. The van der Waals surface area contributed by atoms with Crippen molar-refractivity contribution in [1.82, 2.24) is 24.2 Å². The van der Waals surface area contributed by atoms with Crippen LogP contribution in [-0.2, 0) is 21.2 Å². The van der Waals surface area contributed by atoms with Gasteiger partial charge in [-0.2, -0.15) is 4.72 Å². The number of carbonyl (C=O) groups excluding carboxylic acids is 1. The molecular formula is C26H27Cl2N5O3S. The van der Waals surface area contributed by atoms with Gasteiger partial charge in [-0.15, -0.1) is 0 Å². The molecule has 37 heavy (non-hydrogen) atoms. The van der Waals surface area contributed by atoms with E-state index in [4.69, 9.17) is 23.2 Å². The number of aromatic nitrogens is 3. The number of benzene rings is 2. The molecule has 5 rings (SSSR count). The van der Waals surface area contributed by atoms with E-state index >= 15 is 0 Å². The van der Waals surface area contributed by atoms with Crippen LogP contribution >= 0.6 is 23.2 Å². The van der Waals surface area contributed by atoms with Crippen molar-refractivity contribution in [2.75, 3.05) is 13.1 Å². The molecule has 0 aliphatic carbocycles. The monoisotopic (exact) mass is 559 g/mol. The summed E-state index contributed by atoms with van der Waals surface area (Å²) in [5.74, 6) is 0.281. The molecule has 1 saturated heterocycles. The highest BCUT2D eigenvalue weighted by molar-refractivity contribution is 7.89. The van der Waals surface area contributed by atoms with Crippen molar-refractivity contribution in [3.8, 4) is 5.69 Å². The largest absolute Gasteiger partial charge is 0.345 e. The molecule has 8 nitrogen and oxygen atoms in total. The van der Waals surface area contributed by atoms with Crippen LogP contribution in [0.3, 0.4) is 0 Å². The van der Waals surface area contributed by atoms with Gasteiger partial charge >= 0.3 is 0 Å². The SMILES string of the molecule is CC1CCN(C(=O)C(Cc2ccc3[nH]cnc3c2)NS(=O)(=O)c2cc(Cl)c(-n3cccc3)c(Cl)c2)CC1. The molecule has 2 aromatic heterocycles. The van der Waals surface area contributed by atoms with Crippen molar-refractivity contribution in [3.63, 3.8) is 0 Å². The Balaban J connectivity index is 1.45. The van der Waals surface area contributed by atoms with Gasteiger partial charge in [0.25, 0.3) is 0 Å². The first kappa shape index (κ1) is 25.8. The van der Waals surface area contributed by atoms with Gasteiger partial charge in [0.15, 0.2) is 0 Å². The van der Waals surface area contributed by atoms with E-state index in [0.29, 0.717) is 24.7 Å². The molecule has 1 aliphatic heterocycles. The third-order valence-corrected chi connectivity index (χ3v) is 8.81. The van der Waals surface area contributed by atoms with Crippen LogP contribution in [0.2, 0.25) is 10.0 Å². The van der Waals surface area contributed by atoms with Crippen LogP contribution in [-0.4, -0.2) is 52.9 Å². The molecule has 0 bridgehead atoms. The normalized spacial score (nSPS) is 15.8. The van der Waals surface area contributed by atoms with Gasteiger partial charge in [0, 0.05) is 25.5 Å². The van der Waals surface area contributed by atoms with E-state index in [1.807, 2.05) is 30.3 Å². The number of piperidine rings is 1. The van der Waals surface area contributed by atoms with Crippen molar-refractivity contribution in [2.45, 2.75) is 37.1 Å². The van der Waals surface area contributed by atoms with Gasteiger partial charge < -0.3 is 14.5 Å². The molecule has 2 aromatic carbocycles. The minimum Gasteiger partial charge on any atom is -0.345 e. The average Bonchev–Trinajstić information content (AvgIpc) is 3.55. The number of aromatic amines is 1. The fourth-order valence-corrected chi connectivity index (χ4v) is 6.70. The van der Waals surface area contributed by atoms with Crippen molar-refractivity contribution < 1.29 is 13.2 Å². The molecule has 1 fully saturated rings. The molecule has 0 spiro atoms. The van der Waals surface area contributed by atoms with E-state index in [-0.39, 0.29) is 27.3 Å². The summed E-state index contributed by atoms with van der Waals surface area (Å²) in [6, 6.07) is 10.9. The molecule has 2 N–H and O–H groups in total. The van der Waals surface area contributed by atoms with Crippen LogP contribution in [0, 0.1) is 5.92 Å². The minimum atomic E-state index is -4.13. The molecule has 1 atom stereocenters. The highest BCUT2D eigenvalue weighted by Crippen LogP contribution is 2.32. The quantitative estimate of drug-likeness (QED) is 0.339. The number of sulfonamides is 1. The first-order valence-electron chi connectivity index (χ1n) is 12.1. The van der Waals surface area contributed by atoms with Crippen LogP contribution in [0.5, 0.6) is 0 Å². The zero-order valence-corrected chi connectivity index (χ0v) is 22.5. The second-order valence-electron chi connectivity index (χ2n) is 9.47. The summed E-state index contributed by atoms with van der Waals surface area (Å²) in [4.78, 5) is 22.6. The van der Waals surface area contributed by atoms with Crippen molar-refractivity contribution in [1.29, 1.82) is 0 Å². The maximum atomic E-state index is 13.6. The molecule has 4 aromatic rings. The Bertz CT molecular complexity index is 1500. The fraction of sp³-hybridized carbons (Fsp3) is 0.308. The van der Waals surface area contributed by atoms with Gasteiger partial charge in [0.05, 0.1) is 38.0 Å². The molecule has 11 heteroatoms. The molecule has 0 radical (unpaired) electrons. The van der Waals surface area contributed by atoms with Crippen molar-refractivity contribution >= 4 is 50.2 Å². The maximum absolute atomic E-state index is 13.6. The predicted molar refractivity (Wildman–Crippen MR) is 145 cm³/mol. The zero-order chi connectivity index (χ0) is 26.2. The standard InChI is InChI=1S/C26H27Cl2N5O3S/c1-17-6-10-33(11-7-17)26(34)24(13-18-4-5-22-23(12-18)30-16-29-22)31-37(35,36)19-14-20(27)25(21(28)15-19)32-8-2-3-9-32/h2-5,8-9,12,14-17,24,31H,6-7,10-11,13H2,1H3,(H,29,30). The van der Waals surface area contributed by atoms with Crippen LogP contribution in [0.4, 0.5) is 0 Å². The van der Waals surface area contributed by atoms with Gasteiger partial charge in [0.1, 0.15) is 6.04 Å². The molecule has 3 heterocycles. The summed E-state index contributed by atoms with van der Waals surface area (Å²) in [6.45, 7) is 3.35. The third-order valence-electron chi connectivity index (χ3n) is 6.78. The van der Waals surface area contributed by atoms with Crippen LogP contribution in [0.1, 0.15) is 25.3 Å². The Labute approximate surface area is 225 Å². The van der Waals surface area contributed by atoms with E-state index in [1.54, 1.807) is 28.2 Å². The van der Waals surface area contributed by atoms with E-state index in [2.05, 4.69) is 21.6 Å². The van der Waals surface area contributed by atoms with Crippen molar-refractivity contribution in [2.24, 2.45) is 5.92 Å². The predicted octanol–water partition coefficient (Wildman–Crippen LogP) is 4.81. The third kappa shape index (κ3) is 5.55. The summed E-state index contributed by atoms with van der Waals surface area (Å²) in [6.07, 6.45) is 7.08. The van der Waals surface area contributed by atoms with Crippen LogP contribution in [0.15, 0.2) is 66.1 Å². The number of nitrogens with zero attached hydrogens (tertiary/aromatic N) is 3. The average molecular weight is 561 g/mol. The summed E-state index contributed by atoms with van der Waals surface area (Å²) in [7, 11) is -4.13. The lowest BCUT2D eigenvalue weighted by atomic mass is 9.98. The summed E-state index contributed by atoms with van der Waals surface area (Å²) >= 11 is 12.9. The number of hydrogen-bond acceptors (Lipinski definition) is 4. The van der Waals surface area contributed by atoms with Gasteiger partial charge in [-0.3, -0.25) is 4.79 Å². The molecule has 0 saturated carbocycles. The van der Waals surface area contributed by atoms with E-state index < -0.39 is 16.1 Å². The Hall–Kier alpha value is -2.85. The Morgan fingerprint density at radius 2 is 1.81 bits per heavy atom. The number of amides is 1. The highest BCUT2D eigenvalue weighted by atomic mass is 35.5. The second kappa shape index (κ2) is 10.5. The number of hydrogen-bond donors (Lipinski definition) is 2. The molecular weight excluding hydrogens is 533 g/mol. The molecule has 194 valence electrons. The number of nitrogens with one attached hydrogen (secondary N) is 2. The number of rotatable bonds is 7. The summed E-state index contributed by atoms with van der Waals surface area (Å²) < 4.78 is 31.4. The van der Waals surface area contributed by atoms with E-state index in [9.17, 15) is 13.2 Å².